The van der Waals surface area contributed by atoms with Crippen LogP contribution in [0, 0.1) is 17.3 Å². The summed E-state index contributed by atoms with van der Waals surface area (Å²) in [6.07, 6.45) is 9.83. The van der Waals surface area contributed by atoms with Crippen LogP contribution in [0.4, 0.5) is 0 Å². The van der Waals surface area contributed by atoms with Crippen LogP contribution in [0.5, 0.6) is 0 Å². The SMILES string of the molecule is CCC1(CCN)CC(CC2CCNCC2)C1. The zero-order chi connectivity index (χ0) is 11.4. The summed E-state index contributed by atoms with van der Waals surface area (Å²) in [7, 11) is 0. The molecule has 2 nitrogen and oxygen atoms in total. The van der Waals surface area contributed by atoms with E-state index >= 15 is 0 Å². The van der Waals surface area contributed by atoms with Crippen LogP contribution < -0.4 is 11.1 Å². The summed E-state index contributed by atoms with van der Waals surface area (Å²) in [4.78, 5) is 0. The lowest BCUT2D eigenvalue weighted by Crippen LogP contribution is -2.40. The van der Waals surface area contributed by atoms with Gasteiger partial charge >= 0.3 is 0 Å². The predicted octanol–water partition coefficient (Wildman–Crippen LogP) is 2.53. The zero-order valence-corrected chi connectivity index (χ0v) is 10.8. The van der Waals surface area contributed by atoms with Gasteiger partial charge in [0.15, 0.2) is 0 Å². The average Bonchev–Trinajstić information content (AvgIpc) is 2.27. The molecule has 0 aromatic heterocycles. The van der Waals surface area contributed by atoms with E-state index in [1.807, 2.05) is 0 Å². The number of hydrogen-bond acceptors (Lipinski definition) is 2. The summed E-state index contributed by atoms with van der Waals surface area (Å²) in [5.74, 6) is 2.04. The molecule has 1 saturated heterocycles. The van der Waals surface area contributed by atoms with Gasteiger partial charge in [-0.1, -0.05) is 13.3 Å². The molecule has 16 heavy (non-hydrogen) atoms. The molecule has 0 spiro atoms. The van der Waals surface area contributed by atoms with Crippen molar-refractivity contribution >= 4 is 0 Å². The van der Waals surface area contributed by atoms with Gasteiger partial charge in [0.25, 0.3) is 0 Å². The maximum atomic E-state index is 5.72. The molecule has 1 aliphatic heterocycles. The first-order valence-corrected chi connectivity index (χ1v) is 7.19. The molecular weight excluding hydrogens is 196 g/mol. The lowest BCUT2D eigenvalue weighted by Gasteiger charge is -2.49. The van der Waals surface area contributed by atoms with Gasteiger partial charge in [0.2, 0.25) is 0 Å². The molecule has 2 aliphatic rings. The van der Waals surface area contributed by atoms with E-state index in [0.717, 1.165) is 18.4 Å². The van der Waals surface area contributed by atoms with Crippen molar-refractivity contribution < 1.29 is 0 Å². The Hall–Kier alpha value is -0.0800. The summed E-state index contributed by atoms with van der Waals surface area (Å²) in [5.41, 5.74) is 6.37. The van der Waals surface area contributed by atoms with E-state index in [4.69, 9.17) is 5.73 Å². The third kappa shape index (κ3) is 2.78. The Bertz CT molecular complexity index is 200. The van der Waals surface area contributed by atoms with Crippen molar-refractivity contribution in [3.63, 3.8) is 0 Å². The molecule has 0 amide bonds. The summed E-state index contributed by atoms with van der Waals surface area (Å²) < 4.78 is 0. The fourth-order valence-corrected chi connectivity index (χ4v) is 3.90. The standard InChI is InChI=1S/C14H28N2/c1-2-14(5-6-15)10-13(11-14)9-12-3-7-16-8-4-12/h12-13,16H,2-11,15H2,1H3. The number of hydrogen-bond donors (Lipinski definition) is 2. The minimum absolute atomic E-state index is 0.645. The van der Waals surface area contributed by atoms with Crippen LogP contribution in [-0.2, 0) is 0 Å². The van der Waals surface area contributed by atoms with E-state index in [2.05, 4.69) is 12.2 Å². The Labute approximate surface area is 100 Å². The first kappa shape index (κ1) is 12.4. The Kier molecular flexibility index (Phi) is 4.26. The molecule has 1 aliphatic carbocycles. The van der Waals surface area contributed by atoms with Crippen molar-refractivity contribution in [2.45, 2.75) is 51.9 Å². The fourth-order valence-electron chi connectivity index (χ4n) is 3.90. The van der Waals surface area contributed by atoms with Crippen molar-refractivity contribution in [1.29, 1.82) is 0 Å². The first-order chi connectivity index (χ1) is 7.78. The van der Waals surface area contributed by atoms with E-state index < -0.39 is 0 Å². The van der Waals surface area contributed by atoms with Gasteiger partial charge in [0.05, 0.1) is 0 Å². The average molecular weight is 224 g/mol. The molecule has 0 bridgehead atoms. The molecule has 94 valence electrons. The Morgan fingerprint density at radius 1 is 1.19 bits per heavy atom. The molecular formula is C14H28N2. The van der Waals surface area contributed by atoms with Crippen LogP contribution in [0.2, 0.25) is 0 Å². The second-order valence-corrected chi connectivity index (χ2v) is 6.10. The normalized spacial score (nSPS) is 36.0. The van der Waals surface area contributed by atoms with Gasteiger partial charge < -0.3 is 11.1 Å². The smallest absolute Gasteiger partial charge is 0.00463 e. The molecule has 2 rings (SSSR count). The molecule has 2 heteroatoms. The van der Waals surface area contributed by atoms with E-state index in [0.29, 0.717) is 5.41 Å². The highest BCUT2D eigenvalue weighted by Crippen LogP contribution is 2.52. The molecule has 0 unspecified atom stereocenters. The fraction of sp³-hybridized carbons (Fsp3) is 1.00. The number of piperidine rings is 1. The molecule has 0 aromatic carbocycles. The van der Waals surface area contributed by atoms with Gasteiger partial charge in [-0.05, 0) is 75.4 Å². The molecule has 2 fully saturated rings. The van der Waals surface area contributed by atoms with Crippen molar-refractivity contribution in [2.24, 2.45) is 23.0 Å². The summed E-state index contributed by atoms with van der Waals surface area (Å²) >= 11 is 0. The van der Waals surface area contributed by atoms with Crippen LogP contribution in [-0.4, -0.2) is 19.6 Å². The lowest BCUT2D eigenvalue weighted by atomic mass is 9.57. The maximum absolute atomic E-state index is 5.72. The minimum atomic E-state index is 0.645. The maximum Gasteiger partial charge on any atom is -0.00463 e. The highest BCUT2D eigenvalue weighted by Gasteiger charge is 2.42. The summed E-state index contributed by atoms with van der Waals surface area (Å²) in [6, 6.07) is 0. The largest absolute Gasteiger partial charge is 0.330 e. The van der Waals surface area contributed by atoms with E-state index in [1.54, 1.807) is 0 Å². The Balaban J connectivity index is 1.70. The van der Waals surface area contributed by atoms with Crippen molar-refractivity contribution in [3.05, 3.63) is 0 Å². The molecule has 3 N–H and O–H groups in total. The van der Waals surface area contributed by atoms with Crippen LogP contribution in [0.3, 0.4) is 0 Å². The van der Waals surface area contributed by atoms with Gasteiger partial charge in [-0.2, -0.15) is 0 Å². The van der Waals surface area contributed by atoms with Gasteiger partial charge in [0, 0.05) is 0 Å². The van der Waals surface area contributed by atoms with Gasteiger partial charge in [-0.3, -0.25) is 0 Å². The lowest BCUT2D eigenvalue weighted by molar-refractivity contribution is 0.0252. The topological polar surface area (TPSA) is 38.0 Å². The first-order valence-electron chi connectivity index (χ1n) is 7.19. The van der Waals surface area contributed by atoms with Crippen molar-refractivity contribution in [1.82, 2.24) is 5.32 Å². The van der Waals surface area contributed by atoms with E-state index in [9.17, 15) is 0 Å². The summed E-state index contributed by atoms with van der Waals surface area (Å²) in [5, 5.41) is 3.46. The van der Waals surface area contributed by atoms with Crippen LogP contribution in [0.1, 0.15) is 51.9 Å². The number of rotatable bonds is 5. The Morgan fingerprint density at radius 2 is 1.88 bits per heavy atom. The van der Waals surface area contributed by atoms with Crippen molar-refractivity contribution in [3.8, 4) is 0 Å². The van der Waals surface area contributed by atoms with Gasteiger partial charge in [-0.25, -0.2) is 0 Å². The van der Waals surface area contributed by atoms with Crippen LogP contribution in [0.25, 0.3) is 0 Å². The highest BCUT2D eigenvalue weighted by molar-refractivity contribution is 4.93. The van der Waals surface area contributed by atoms with Gasteiger partial charge in [-0.15, -0.1) is 0 Å². The highest BCUT2D eigenvalue weighted by atomic mass is 14.9. The molecule has 1 saturated carbocycles. The monoisotopic (exact) mass is 224 g/mol. The molecule has 0 radical (unpaired) electrons. The van der Waals surface area contributed by atoms with Crippen LogP contribution in [0.15, 0.2) is 0 Å². The second kappa shape index (κ2) is 5.50. The van der Waals surface area contributed by atoms with Gasteiger partial charge in [0.1, 0.15) is 0 Å². The number of nitrogens with one attached hydrogen (secondary N) is 1. The number of nitrogens with two attached hydrogens (primary N) is 1. The summed E-state index contributed by atoms with van der Waals surface area (Å²) in [6.45, 7) is 5.72. The van der Waals surface area contributed by atoms with Crippen molar-refractivity contribution in [2.75, 3.05) is 19.6 Å². The third-order valence-electron chi connectivity index (χ3n) is 4.99. The Morgan fingerprint density at radius 3 is 2.44 bits per heavy atom. The molecule has 0 aromatic rings. The van der Waals surface area contributed by atoms with Crippen LogP contribution >= 0.6 is 0 Å². The third-order valence-corrected chi connectivity index (χ3v) is 4.99. The predicted molar refractivity (Wildman–Crippen MR) is 69.3 cm³/mol. The zero-order valence-electron chi connectivity index (χ0n) is 10.8. The van der Waals surface area contributed by atoms with E-state index in [-0.39, 0.29) is 0 Å². The quantitative estimate of drug-likeness (QED) is 0.753. The molecule has 1 heterocycles. The van der Waals surface area contributed by atoms with E-state index in [1.165, 1.54) is 58.0 Å². The minimum Gasteiger partial charge on any atom is -0.330 e. The molecule has 0 atom stereocenters. The second-order valence-electron chi connectivity index (χ2n) is 6.10.